The number of aromatic nitrogens is 1. The third kappa shape index (κ3) is 4.49. The lowest BCUT2D eigenvalue weighted by atomic mass is 10.1. The standard InChI is InChI=1S/C23H24N2O3/c1-16(2)15-28-23(27)20(24-22(26)17-9-5-4-6-10-17)13-18-14-25(3)21-12-8-7-11-19(18)21/h4-14,16H,15H2,1-3H3,(H,24,26)/b20-13-. The van der Waals surface area contributed by atoms with Gasteiger partial charge < -0.3 is 14.6 Å². The minimum absolute atomic E-state index is 0.117. The van der Waals surface area contributed by atoms with E-state index in [-0.39, 0.29) is 24.1 Å². The molecule has 5 nitrogen and oxygen atoms in total. The van der Waals surface area contributed by atoms with Crippen molar-refractivity contribution in [2.24, 2.45) is 13.0 Å². The largest absolute Gasteiger partial charge is 0.461 e. The number of ether oxygens (including phenoxy) is 1. The number of carbonyl (C=O) groups is 2. The van der Waals surface area contributed by atoms with Crippen molar-refractivity contribution >= 4 is 28.9 Å². The second kappa shape index (κ2) is 8.57. The zero-order chi connectivity index (χ0) is 20.1. The Morgan fingerprint density at radius 1 is 1.07 bits per heavy atom. The molecule has 0 aliphatic heterocycles. The van der Waals surface area contributed by atoms with E-state index in [0.717, 1.165) is 16.5 Å². The van der Waals surface area contributed by atoms with E-state index in [2.05, 4.69) is 5.32 Å². The van der Waals surface area contributed by atoms with Crippen molar-refractivity contribution < 1.29 is 14.3 Å². The molecule has 28 heavy (non-hydrogen) atoms. The van der Waals surface area contributed by atoms with Gasteiger partial charge in [-0.05, 0) is 30.2 Å². The molecule has 0 fully saturated rings. The van der Waals surface area contributed by atoms with Crippen molar-refractivity contribution in [3.63, 3.8) is 0 Å². The number of nitrogens with zero attached hydrogens (tertiary/aromatic N) is 1. The van der Waals surface area contributed by atoms with Gasteiger partial charge in [0.2, 0.25) is 0 Å². The van der Waals surface area contributed by atoms with E-state index in [1.807, 2.05) is 62.0 Å². The molecule has 144 valence electrons. The van der Waals surface area contributed by atoms with E-state index in [4.69, 9.17) is 4.74 Å². The first-order valence-corrected chi connectivity index (χ1v) is 9.25. The number of fused-ring (bicyclic) bond motifs is 1. The van der Waals surface area contributed by atoms with Crippen molar-refractivity contribution in [3.8, 4) is 0 Å². The van der Waals surface area contributed by atoms with E-state index >= 15 is 0 Å². The Hall–Kier alpha value is -3.34. The van der Waals surface area contributed by atoms with Gasteiger partial charge in [-0.15, -0.1) is 0 Å². The highest BCUT2D eigenvalue weighted by Gasteiger charge is 2.17. The lowest BCUT2D eigenvalue weighted by Crippen LogP contribution is -2.29. The van der Waals surface area contributed by atoms with Crippen LogP contribution >= 0.6 is 0 Å². The molecule has 1 aromatic heterocycles. The Kier molecular flexibility index (Phi) is 5.94. The maximum Gasteiger partial charge on any atom is 0.354 e. The second-order valence-corrected chi connectivity index (χ2v) is 7.08. The van der Waals surface area contributed by atoms with Gasteiger partial charge in [-0.2, -0.15) is 0 Å². The summed E-state index contributed by atoms with van der Waals surface area (Å²) in [5.74, 6) is -0.702. The molecule has 2 aromatic carbocycles. The van der Waals surface area contributed by atoms with E-state index in [0.29, 0.717) is 5.56 Å². The first kappa shape index (κ1) is 19.4. The van der Waals surface area contributed by atoms with Gasteiger partial charge in [0.1, 0.15) is 5.70 Å². The maximum absolute atomic E-state index is 12.6. The van der Waals surface area contributed by atoms with Gasteiger partial charge in [0.05, 0.1) is 6.61 Å². The lowest BCUT2D eigenvalue weighted by Gasteiger charge is -2.11. The van der Waals surface area contributed by atoms with Crippen LogP contribution in [-0.2, 0) is 16.6 Å². The monoisotopic (exact) mass is 376 g/mol. The first-order valence-electron chi connectivity index (χ1n) is 9.25. The summed E-state index contributed by atoms with van der Waals surface area (Å²) in [5, 5.41) is 3.71. The summed E-state index contributed by atoms with van der Waals surface area (Å²) in [6.07, 6.45) is 3.60. The van der Waals surface area contributed by atoms with Crippen LogP contribution in [-0.4, -0.2) is 23.1 Å². The molecular formula is C23H24N2O3. The molecule has 0 saturated heterocycles. The molecule has 3 aromatic rings. The van der Waals surface area contributed by atoms with Crippen molar-refractivity contribution in [1.29, 1.82) is 0 Å². The summed E-state index contributed by atoms with van der Waals surface area (Å²) in [4.78, 5) is 25.2. The normalized spacial score (nSPS) is 11.6. The quantitative estimate of drug-likeness (QED) is 0.519. The van der Waals surface area contributed by atoms with Crippen molar-refractivity contribution in [1.82, 2.24) is 9.88 Å². The van der Waals surface area contributed by atoms with Gasteiger partial charge in [0.25, 0.3) is 5.91 Å². The highest BCUT2D eigenvalue weighted by molar-refractivity contribution is 6.04. The first-order chi connectivity index (χ1) is 13.5. The molecule has 1 heterocycles. The SMILES string of the molecule is CC(C)COC(=O)/C(=C/c1cn(C)c2ccccc12)NC(=O)c1ccccc1. The molecule has 0 atom stereocenters. The molecular weight excluding hydrogens is 352 g/mol. The molecule has 0 radical (unpaired) electrons. The number of aryl methyl sites for hydroxylation is 1. The molecule has 0 spiro atoms. The van der Waals surface area contributed by atoms with Gasteiger partial charge in [0, 0.05) is 35.3 Å². The van der Waals surface area contributed by atoms with Crippen LogP contribution in [0.25, 0.3) is 17.0 Å². The predicted molar refractivity (Wildman–Crippen MR) is 111 cm³/mol. The molecule has 5 heteroatoms. The van der Waals surface area contributed by atoms with Crippen LogP contribution < -0.4 is 5.32 Å². The maximum atomic E-state index is 12.6. The molecule has 1 N–H and O–H groups in total. The van der Waals surface area contributed by atoms with E-state index in [1.165, 1.54) is 0 Å². The van der Waals surface area contributed by atoms with Crippen molar-refractivity contribution in [3.05, 3.63) is 77.6 Å². The summed E-state index contributed by atoms with van der Waals surface area (Å²) in [6.45, 7) is 4.21. The topological polar surface area (TPSA) is 60.3 Å². The van der Waals surface area contributed by atoms with Gasteiger partial charge in [-0.3, -0.25) is 4.79 Å². The number of benzene rings is 2. The molecule has 0 aliphatic rings. The van der Waals surface area contributed by atoms with Gasteiger partial charge in [0.15, 0.2) is 0 Å². The summed E-state index contributed by atoms with van der Waals surface area (Å²) >= 11 is 0. The van der Waals surface area contributed by atoms with E-state index in [9.17, 15) is 9.59 Å². The molecule has 0 unspecified atom stereocenters. The van der Waals surface area contributed by atoms with Gasteiger partial charge in [-0.25, -0.2) is 4.79 Å². The third-order valence-electron chi connectivity index (χ3n) is 4.28. The van der Waals surface area contributed by atoms with Crippen LogP contribution in [0.4, 0.5) is 0 Å². The highest BCUT2D eigenvalue weighted by Crippen LogP contribution is 2.22. The smallest absolute Gasteiger partial charge is 0.354 e. The van der Waals surface area contributed by atoms with Crippen LogP contribution in [0.5, 0.6) is 0 Å². The minimum atomic E-state index is -0.550. The zero-order valence-corrected chi connectivity index (χ0v) is 16.3. The van der Waals surface area contributed by atoms with Crippen molar-refractivity contribution in [2.75, 3.05) is 6.61 Å². The summed E-state index contributed by atoms with van der Waals surface area (Å²) in [7, 11) is 1.94. The number of carbonyl (C=O) groups excluding carboxylic acids is 2. The predicted octanol–water partition coefficient (Wildman–Crippen LogP) is 4.15. The Morgan fingerprint density at radius 2 is 1.75 bits per heavy atom. The van der Waals surface area contributed by atoms with E-state index < -0.39 is 5.97 Å². The number of nitrogens with one attached hydrogen (secondary N) is 1. The Morgan fingerprint density at radius 3 is 2.46 bits per heavy atom. The minimum Gasteiger partial charge on any atom is -0.461 e. The average molecular weight is 376 g/mol. The lowest BCUT2D eigenvalue weighted by molar-refractivity contribution is -0.140. The number of para-hydroxylation sites is 1. The fourth-order valence-electron chi connectivity index (χ4n) is 2.89. The van der Waals surface area contributed by atoms with E-state index in [1.54, 1.807) is 30.3 Å². The Balaban J connectivity index is 1.96. The molecule has 1 amide bonds. The molecule has 0 aliphatic carbocycles. The summed E-state index contributed by atoms with van der Waals surface area (Å²) in [6, 6.07) is 16.7. The van der Waals surface area contributed by atoms with Crippen LogP contribution in [0.1, 0.15) is 29.8 Å². The average Bonchev–Trinajstić information content (AvgIpc) is 3.02. The number of amides is 1. The summed E-state index contributed by atoms with van der Waals surface area (Å²) in [5.41, 5.74) is 2.47. The molecule has 3 rings (SSSR count). The van der Waals surface area contributed by atoms with Gasteiger partial charge in [-0.1, -0.05) is 50.2 Å². The Labute approximate surface area is 164 Å². The zero-order valence-electron chi connectivity index (χ0n) is 16.3. The van der Waals surface area contributed by atoms with Crippen LogP contribution in [0.15, 0.2) is 66.5 Å². The molecule has 0 saturated carbocycles. The molecule has 0 bridgehead atoms. The van der Waals surface area contributed by atoms with Crippen LogP contribution in [0, 0.1) is 5.92 Å². The van der Waals surface area contributed by atoms with Crippen LogP contribution in [0.2, 0.25) is 0 Å². The Bertz CT molecular complexity index is 1020. The fourth-order valence-corrected chi connectivity index (χ4v) is 2.89. The fraction of sp³-hybridized carbons (Fsp3) is 0.217. The summed E-state index contributed by atoms with van der Waals surface area (Å²) < 4.78 is 7.35. The third-order valence-corrected chi connectivity index (χ3v) is 4.28. The number of hydrogen-bond donors (Lipinski definition) is 1. The number of hydrogen-bond acceptors (Lipinski definition) is 3. The number of rotatable bonds is 6. The second-order valence-electron chi connectivity index (χ2n) is 7.08. The highest BCUT2D eigenvalue weighted by atomic mass is 16.5. The van der Waals surface area contributed by atoms with Crippen LogP contribution in [0.3, 0.4) is 0 Å². The van der Waals surface area contributed by atoms with Crippen molar-refractivity contribution in [2.45, 2.75) is 13.8 Å². The number of esters is 1. The van der Waals surface area contributed by atoms with Gasteiger partial charge >= 0.3 is 5.97 Å².